The van der Waals surface area contributed by atoms with Gasteiger partial charge in [0.05, 0.1) is 12.0 Å². The first kappa shape index (κ1) is 17.1. The zero-order valence-corrected chi connectivity index (χ0v) is 14.4. The number of carbonyl (C=O) groups excluding carboxylic acids is 1. The molecule has 2 aromatic rings. The molecular weight excluding hydrogens is 308 g/mol. The number of nitrogens with one attached hydrogen (secondary N) is 1. The zero-order chi connectivity index (χ0) is 16.7. The second-order valence-electron chi connectivity index (χ2n) is 5.11. The van der Waals surface area contributed by atoms with Crippen molar-refractivity contribution in [3.63, 3.8) is 0 Å². The summed E-state index contributed by atoms with van der Waals surface area (Å²) in [5, 5.41) is 4.57. The van der Waals surface area contributed by atoms with Crippen molar-refractivity contribution < 1.29 is 4.79 Å². The van der Waals surface area contributed by atoms with Gasteiger partial charge in [-0.05, 0) is 37.5 Å². The van der Waals surface area contributed by atoms with Crippen LogP contribution in [0.1, 0.15) is 29.4 Å². The molecule has 0 aliphatic heterocycles. The number of hydrogen-bond acceptors (Lipinski definition) is 5. The molecule has 1 heterocycles. The Kier molecular flexibility index (Phi) is 6.29. The summed E-state index contributed by atoms with van der Waals surface area (Å²) < 4.78 is 0. The Morgan fingerprint density at radius 3 is 2.48 bits per heavy atom. The molecule has 0 aliphatic rings. The minimum Gasteiger partial charge on any atom is -0.272 e. The molecule has 23 heavy (non-hydrogen) atoms. The third-order valence-corrected chi connectivity index (χ3v) is 3.93. The van der Waals surface area contributed by atoms with E-state index >= 15 is 0 Å². The van der Waals surface area contributed by atoms with Gasteiger partial charge < -0.3 is 0 Å². The fourth-order valence-corrected chi connectivity index (χ4v) is 2.68. The zero-order valence-electron chi connectivity index (χ0n) is 13.5. The van der Waals surface area contributed by atoms with E-state index in [-0.39, 0.29) is 11.7 Å². The van der Waals surface area contributed by atoms with Crippen molar-refractivity contribution in [3.8, 4) is 0 Å². The first-order valence-corrected chi connectivity index (χ1v) is 8.41. The second kappa shape index (κ2) is 8.43. The van der Waals surface area contributed by atoms with Gasteiger partial charge in [-0.15, -0.1) is 0 Å². The Bertz CT molecular complexity index is 678. The minimum atomic E-state index is -0.181. The fourth-order valence-electron chi connectivity index (χ4n) is 1.94. The quantitative estimate of drug-likeness (QED) is 0.383. The number of nitrogens with zero attached hydrogens (tertiary/aromatic N) is 3. The summed E-state index contributed by atoms with van der Waals surface area (Å²) in [6.45, 7) is 5.93. The molecule has 0 saturated heterocycles. The van der Waals surface area contributed by atoms with Gasteiger partial charge >= 0.3 is 0 Å². The van der Waals surface area contributed by atoms with Crippen molar-refractivity contribution in [2.45, 2.75) is 32.3 Å². The summed E-state index contributed by atoms with van der Waals surface area (Å²) in [5.41, 5.74) is 6.53. The summed E-state index contributed by atoms with van der Waals surface area (Å²) >= 11 is 1.30. The topological polar surface area (TPSA) is 67.2 Å². The minimum absolute atomic E-state index is 0.181. The molecule has 0 radical (unpaired) electrons. The number of carbonyl (C=O) groups is 1. The highest BCUT2D eigenvalue weighted by molar-refractivity contribution is 7.99. The molecule has 1 N–H and O–H groups in total. The third kappa shape index (κ3) is 5.83. The van der Waals surface area contributed by atoms with Crippen molar-refractivity contribution in [1.82, 2.24) is 15.4 Å². The average molecular weight is 328 g/mol. The van der Waals surface area contributed by atoms with Gasteiger partial charge in [0.1, 0.15) is 0 Å². The average Bonchev–Trinajstić information content (AvgIpc) is 2.53. The van der Waals surface area contributed by atoms with Crippen molar-refractivity contribution in [2.24, 2.45) is 5.10 Å². The predicted molar refractivity (Wildman–Crippen MR) is 93.8 cm³/mol. The smallest absolute Gasteiger partial charge is 0.250 e. The number of rotatable bonds is 6. The molecule has 0 unspecified atom stereocenters. The van der Waals surface area contributed by atoms with E-state index in [4.69, 9.17) is 0 Å². The Balaban J connectivity index is 1.81. The number of aromatic nitrogens is 2. The first-order chi connectivity index (χ1) is 11.1. The summed E-state index contributed by atoms with van der Waals surface area (Å²) in [6, 6.07) is 9.96. The molecule has 2 rings (SSSR count). The lowest BCUT2D eigenvalue weighted by Gasteiger charge is -2.02. The van der Waals surface area contributed by atoms with Crippen molar-refractivity contribution >= 4 is 23.9 Å². The molecule has 6 heteroatoms. The normalized spacial score (nSPS) is 10.9. The Labute approximate surface area is 140 Å². The van der Waals surface area contributed by atoms with Crippen LogP contribution in [0.3, 0.4) is 0 Å². The molecule has 0 fully saturated rings. The molecule has 0 bridgehead atoms. The van der Waals surface area contributed by atoms with E-state index in [1.807, 2.05) is 32.0 Å². The van der Waals surface area contributed by atoms with E-state index in [0.717, 1.165) is 23.4 Å². The van der Waals surface area contributed by atoms with Gasteiger partial charge in [-0.3, -0.25) is 4.79 Å². The van der Waals surface area contributed by atoms with E-state index in [1.54, 1.807) is 6.21 Å². The number of thioether (sulfide) groups is 1. The van der Waals surface area contributed by atoms with Gasteiger partial charge in [-0.1, -0.05) is 43.0 Å². The van der Waals surface area contributed by atoms with Crippen LogP contribution in [-0.4, -0.2) is 27.8 Å². The van der Waals surface area contributed by atoms with Crippen LogP contribution in [0.4, 0.5) is 0 Å². The van der Waals surface area contributed by atoms with E-state index < -0.39 is 0 Å². The molecule has 1 aromatic carbocycles. The van der Waals surface area contributed by atoms with Crippen molar-refractivity contribution in [2.75, 3.05) is 5.75 Å². The van der Waals surface area contributed by atoms with E-state index in [9.17, 15) is 4.79 Å². The monoisotopic (exact) mass is 328 g/mol. The Morgan fingerprint density at radius 2 is 1.87 bits per heavy atom. The van der Waals surface area contributed by atoms with Gasteiger partial charge in [0.15, 0.2) is 5.16 Å². The lowest BCUT2D eigenvalue weighted by Crippen LogP contribution is -2.19. The maximum Gasteiger partial charge on any atom is 0.250 e. The number of hydrogen-bond donors (Lipinski definition) is 1. The fraction of sp³-hybridized carbons (Fsp3) is 0.294. The number of aryl methyl sites for hydroxylation is 3. The molecule has 0 saturated carbocycles. The highest BCUT2D eigenvalue weighted by atomic mass is 32.2. The van der Waals surface area contributed by atoms with Crippen LogP contribution in [0.5, 0.6) is 0 Å². The highest BCUT2D eigenvalue weighted by Crippen LogP contribution is 2.13. The molecule has 5 nitrogen and oxygen atoms in total. The molecular formula is C17H20N4OS. The van der Waals surface area contributed by atoms with Crippen LogP contribution in [0.25, 0.3) is 0 Å². The van der Waals surface area contributed by atoms with Crippen LogP contribution < -0.4 is 5.43 Å². The SMILES string of the molecule is CCc1ccc(/C=N\NC(=O)CSc2nc(C)cc(C)n2)cc1. The second-order valence-corrected chi connectivity index (χ2v) is 6.05. The van der Waals surface area contributed by atoms with Gasteiger partial charge in [0.2, 0.25) is 0 Å². The van der Waals surface area contributed by atoms with E-state index in [2.05, 4.69) is 39.6 Å². The summed E-state index contributed by atoms with van der Waals surface area (Å²) in [4.78, 5) is 20.3. The third-order valence-electron chi connectivity index (χ3n) is 3.08. The lowest BCUT2D eigenvalue weighted by atomic mass is 10.1. The summed E-state index contributed by atoms with van der Waals surface area (Å²) in [6.07, 6.45) is 2.64. The molecule has 120 valence electrons. The van der Waals surface area contributed by atoms with Crippen LogP contribution in [-0.2, 0) is 11.2 Å². The van der Waals surface area contributed by atoms with E-state index in [0.29, 0.717) is 5.16 Å². The standard InChI is InChI=1S/C17H20N4OS/c1-4-14-5-7-15(8-6-14)10-18-21-16(22)11-23-17-19-12(2)9-13(3)20-17/h5-10H,4,11H2,1-3H3,(H,21,22)/b18-10-. The lowest BCUT2D eigenvalue weighted by molar-refractivity contribution is -0.118. The molecule has 0 atom stereocenters. The largest absolute Gasteiger partial charge is 0.272 e. The van der Waals surface area contributed by atoms with Crippen molar-refractivity contribution in [3.05, 3.63) is 52.8 Å². The van der Waals surface area contributed by atoms with E-state index in [1.165, 1.54) is 17.3 Å². The van der Waals surface area contributed by atoms with Crippen LogP contribution in [0.15, 0.2) is 40.6 Å². The summed E-state index contributed by atoms with van der Waals surface area (Å²) in [5.74, 6) is 0.0498. The number of benzene rings is 1. The van der Waals surface area contributed by atoms with Crippen LogP contribution in [0.2, 0.25) is 0 Å². The molecule has 0 spiro atoms. The predicted octanol–water partition coefficient (Wildman–Crippen LogP) is 2.90. The van der Waals surface area contributed by atoms with Gasteiger partial charge in [0, 0.05) is 11.4 Å². The number of amides is 1. The maximum atomic E-state index is 11.8. The Morgan fingerprint density at radius 1 is 1.22 bits per heavy atom. The van der Waals surface area contributed by atoms with Gasteiger partial charge in [-0.25, -0.2) is 15.4 Å². The summed E-state index contributed by atoms with van der Waals surface area (Å²) in [7, 11) is 0. The van der Waals surface area contributed by atoms with Crippen molar-refractivity contribution in [1.29, 1.82) is 0 Å². The number of hydrazone groups is 1. The van der Waals surface area contributed by atoms with Gasteiger partial charge in [0.25, 0.3) is 5.91 Å². The first-order valence-electron chi connectivity index (χ1n) is 7.42. The van der Waals surface area contributed by atoms with Gasteiger partial charge in [-0.2, -0.15) is 5.10 Å². The molecule has 0 aliphatic carbocycles. The van der Waals surface area contributed by atoms with Crippen LogP contribution >= 0.6 is 11.8 Å². The maximum absolute atomic E-state index is 11.8. The molecule has 1 amide bonds. The molecule has 1 aromatic heterocycles. The highest BCUT2D eigenvalue weighted by Gasteiger charge is 2.05. The Hall–Kier alpha value is -2.21. The van der Waals surface area contributed by atoms with Crippen LogP contribution in [0, 0.1) is 13.8 Å².